The van der Waals surface area contributed by atoms with Gasteiger partial charge in [-0.25, -0.2) is 0 Å². The average molecular weight is 122 g/mol. The summed E-state index contributed by atoms with van der Waals surface area (Å²) in [5, 5.41) is 0. The van der Waals surface area contributed by atoms with E-state index in [0.717, 1.165) is 0 Å². The fraction of sp³-hybridized carbons (Fsp3) is 0.286. The lowest BCUT2D eigenvalue weighted by Crippen LogP contribution is -1.97. The van der Waals surface area contributed by atoms with Gasteiger partial charge in [0.15, 0.2) is 6.61 Å². The van der Waals surface area contributed by atoms with Crippen molar-refractivity contribution in [1.29, 1.82) is 0 Å². The van der Waals surface area contributed by atoms with Crippen molar-refractivity contribution < 1.29 is 9.53 Å². The maximum absolute atomic E-state index is 10.1. The molecule has 0 saturated heterocycles. The van der Waals surface area contributed by atoms with Gasteiger partial charge in [-0.15, -0.1) is 6.42 Å². The average Bonchev–Trinajstić information content (AvgIpc) is 1.80. The van der Waals surface area contributed by atoms with Crippen LogP contribution in [0.15, 0.2) is 0 Å². The maximum Gasteiger partial charge on any atom is 0.303 e. The summed E-state index contributed by atoms with van der Waals surface area (Å²) in [7, 11) is 0. The molecule has 46 valence electrons. The van der Waals surface area contributed by atoms with Gasteiger partial charge in [0.25, 0.3) is 0 Å². The van der Waals surface area contributed by atoms with Gasteiger partial charge >= 0.3 is 5.97 Å². The molecule has 0 aromatic rings. The minimum absolute atomic E-state index is 0.0829. The van der Waals surface area contributed by atoms with E-state index in [1.54, 1.807) is 0 Å². The molecular weight excluding hydrogens is 116 g/mol. The van der Waals surface area contributed by atoms with Crippen LogP contribution in [0, 0.1) is 24.2 Å². The van der Waals surface area contributed by atoms with E-state index in [1.165, 1.54) is 6.92 Å². The molecule has 0 amide bonds. The normalized spacial score (nSPS) is 6.22. The molecule has 0 N–H and O–H groups in total. The van der Waals surface area contributed by atoms with Gasteiger partial charge in [-0.1, -0.05) is 0 Å². The summed E-state index contributed by atoms with van der Waals surface area (Å²) in [6.45, 7) is 1.40. The van der Waals surface area contributed by atoms with Crippen LogP contribution in [-0.2, 0) is 9.53 Å². The monoisotopic (exact) mass is 122 g/mol. The molecule has 0 radical (unpaired) electrons. The summed E-state index contributed by atoms with van der Waals surface area (Å²) < 4.78 is 4.44. The van der Waals surface area contributed by atoms with Crippen molar-refractivity contribution in [2.45, 2.75) is 6.92 Å². The summed E-state index contributed by atoms with van der Waals surface area (Å²) in [6, 6.07) is 0. The van der Waals surface area contributed by atoms with Crippen molar-refractivity contribution >= 4 is 5.97 Å². The third-order valence-electron chi connectivity index (χ3n) is 0.508. The van der Waals surface area contributed by atoms with E-state index < -0.39 is 0 Å². The first-order valence-electron chi connectivity index (χ1n) is 2.34. The van der Waals surface area contributed by atoms with Gasteiger partial charge in [0.1, 0.15) is 0 Å². The van der Waals surface area contributed by atoms with Crippen molar-refractivity contribution in [3.63, 3.8) is 0 Å². The number of esters is 1. The number of terminal acetylenes is 1. The fourth-order valence-corrected chi connectivity index (χ4v) is 0.225. The number of hydrogen-bond acceptors (Lipinski definition) is 2. The number of rotatable bonds is 1. The summed E-state index contributed by atoms with van der Waals surface area (Å²) in [5.41, 5.74) is 0. The molecular formula is C7H6O2. The van der Waals surface area contributed by atoms with Crippen LogP contribution >= 0.6 is 0 Å². The van der Waals surface area contributed by atoms with E-state index in [-0.39, 0.29) is 12.6 Å². The van der Waals surface area contributed by atoms with Crippen LogP contribution < -0.4 is 0 Å². The summed E-state index contributed by atoms with van der Waals surface area (Å²) >= 11 is 0. The summed E-state index contributed by atoms with van der Waals surface area (Å²) in [5.74, 6) is 6.48. The highest BCUT2D eigenvalue weighted by Gasteiger charge is 1.84. The lowest BCUT2D eigenvalue weighted by molar-refractivity contribution is -0.139. The van der Waals surface area contributed by atoms with E-state index in [2.05, 4.69) is 22.5 Å². The standard InChI is InChI=1S/C7H6O2/c1-3-4-5-6-9-7(2)8/h1H,6H2,2H3. The smallest absolute Gasteiger partial charge is 0.303 e. The lowest BCUT2D eigenvalue weighted by Gasteiger charge is -1.89. The first kappa shape index (κ1) is 7.59. The van der Waals surface area contributed by atoms with Gasteiger partial charge in [-0.05, 0) is 17.8 Å². The van der Waals surface area contributed by atoms with Crippen LogP contribution in [0.25, 0.3) is 0 Å². The minimum atomic E-state index is -0.346. The highest BCUT2D eigenvalue weighted by Crippen LogP contribution is 1.71. The minimum Gasteiger partial charge on any atom is -0.453 e. The molecule has 2 nitrogen and oxygen atoms in total. The van der Waals surface area contributed by atoms with Crippen LogP contribution in [0.5, 0.6) is 0 Å². The molecule has 0 heterocycles. The third kappa shape index (κ3) is 6.59. The molecule has 0 aliphatic heterocycles. The van der Waals surface area contributed by atoms with E-state index in [9.17, 15) is 4.79 Å². The van der Waals surface area contributed by atoms with E-state index in [4.69, 9.17) is 6.42 Å². The topological polar surface area (TPSA) is 26.3 Å². The quantitative estimate of drug-likeness (QED) is 0.366. The van der Waals surface area contributed by atoms with Gasteiger partial charge in [-0.3, -0.25) is 4.79 Å². The SMILES string of the molecule is C#CC#CCOC(C)=O. The highest BCUT2D eigenvalue weighted by molar-refractivity contribution is 5.66. The highest BCUT2D eigenvalue weighted by atomic mass is 16.5. The summed E-state index contributed by atoms with van der Waals surface area (Å²) in [4.78, 5) is 10.1. The Bertz CT molecular complexity index is 187. The third-order valence-corrected chi connectivity index (χ3v) is 0.508. The van der Waals surface area contributed by atoms with Crippen LogP contribution in [0.1, 0.15) is 6.92 Å². The van der Waals surface area contributed by atoms with Crippen molar-refractivity contribution in [2.75, 3.05) is 6.61 Å². The molecule has 0 spiro atoms. The molecule has 0 fully saturated rings. The Balaban J connectivity index is 3.33. The Kier molecular flexibility index (Phi) is 4.00. The number of carbonyl (C=O) groups is 1. The van der Waals surface area contributed by atoms with Crippen molar-refractivity contribution in [3.8, 4) is 24.2 Å². The molecule has 0 saturated carbocycles. The predicted octanol–water partition coefficient (Wildman–Crippen LogP) is 0.186. The first-order chi connectivity index (χ1) is 4.27. The maximum atomic E-state index is 10.1. The van der Waals surface area contributed by atoms with Gasteiger partial charge in [0.05, 0.1) is 0 Å². The van der Waals surface area contributed by atoms with E-state index in [0.29, 0.717) is 0 Å². The van der Waals surface area contributed by atoms with Crippen LogP contribution in [0.4, 0.5) is 0 Å². The van der Waals surface area contributed by atoms with Gasteiger partial charge in [0.2, 0.25) is 0 Å². The van der Waals surface area contributed by atoms with E-state index >= 15 is 0 Å². The molecule has 2 heteroatoms. The Hall–Kier alpha value is -1.41. The second-order valence-electron chi connectivity index (χ2n) is 1.23. The fourth-order valence-electron chi connectivity index (χ4n) is 0.225. The number of ether oxygens (including phenoxy) is 1. The van der Waals surface area contributed by atoms with Crippen LogP contribution in [0.3, 0.4) is 0 Å². The second kappa shape index (κ2) is 4.74. The summed E-state index contributed by atoms with van der Waals surface area (Å²) in [6.07, 6.45) is 4.78. The van der Waals surface area contributed by atoms with Crippen molar-refractivity contribution in [2.24, 2.45) is 0 Å². The molecule has 0 unspecified atom stereocenters. The lowest BCUT2D eigenvalue weighted by atomic mass is 10.6. The Morgan fingerprint density at radius 2 is 2.44 bits per heavy atom. The molecule has 0 atom stereocenters. The molecule has 0 aromatic carbocycles. The number of hydrogen-bond donors (Lipinski definition) is 0. The Morgan fingerprint density at radius 1 is 1.78 bits per heavy atom. The molecule has 0 rings (SSSR count). The van der Waals surface area contributed by atoms with Gasteiger partial charge in [0, 0.05) is 6.92 Å². The van der Waals surface area contributed by atoms with Crippen LogP contribution in [0.2, 0.25) is 0 Å². The Labute approximate surface area is 54.2 Å². The molecule has 0 aromatic heterocycles. The predicted molar refractivity (Wildman–Crippen MR) is 33.2 cm³/mol. The molecule has 0 aliphatic carbocycles. The molecule has 0 aliphatic rings. The largest absolute Gasteiger partial charge is 0.453 e. The molecule has 0 bridgehead atoms. The van der Waals surface area contributed by atoms with Crippen molar-refractivity contribution in [3.05, 3.63) is 0 Å². The zero-order valence-electron chi connectivity index (χ0n) is 5.10. The van der Waals surface area contributed by atoms with Gasteiger partial charge < -0.3 is 4.74 Å². The Morgan fingerprint density at radius 3 is 2.89 bits per heavy atom. The zero-order valence-corrected chi connectivity index (χ0v) is 5.10. The molecule has 9 heavy (non-hydrogen) atoms. The van der Waals surface area contributed by atoms with Crippen LogP contribution in [-0.4, -0.2) is 12.6 Å². The van der Waals surface area contributed by atoms with E-state index in [1.807, 2.05) is 0 Å². The number of carbonyl (C=O) groups excluding carboxylic acids is 1. The second-order valence-corrected chi connectivity index (χ2v) is 1.23. The first-order valence-corrected chi connectivity index (χ1v) is 2.34. The van der Waals surface area contributed by atoms with Gasteiger partial charge in [-0.2, -0.15) is 0 Å². The van der Waals surface area contributed by atoms with Crippen molar-refractivity contribution in [1.82, 2.24) is 0 Å². The zero-order chi connectivity index (χ0) is 7.11.